The van der Waals surface area contributed by atoms with Crippen molar-refractivity contribution in [2.75, 3.05) is 7.11 Å². The molecule has 1 aliphatic rings. The minimum atomic E-state index is -0.420. The van der Waals surface area contributed by atoms with Gasteiger partial charge in [-0.3, -0.25) is 9.36 Å². The summed E-state index contributed by atoms with van der Waals surface area (Å²) in [6.45, 7) is 2.99. The van der Waals surface area contributed by atoms with Crippen LogP contribution in [0.15, 0.2) is 57.7 Å². The van der Waals surface area contributed by atoms with Crippen molar-refractivity contribution in [1.82, 2.24) is 9.47 Å². The fourth-order valence-corrected chi connectivity index (χ4v) is 3.80. The van der Waals surface area contributed by atoms with Gasteiger partial charge in [-0.15, -0.1) is 0 Å². The van der Waals surface area contributed by atoms with E-state index in [4.69, 9.17) is 9.15 Å². The molecule has 0 radical (unpaired) electrons. The number of carbonyl (C=O) groups is 1. The smallest absolute Gasteiger partial charge is 0.419 e. The summed E-state index contributed by atoms with van der Waals surface area (Å²) in [5.41, 5.74) is 2.34. The molecule has 1 saturated carbocycles. The standard InChI is InChI=1S/C23H26N2O4/c1-16(18-9-10-18)25(15-17-7-11-19(28-2)12-8-17)22(26)13-14-24-20-5-3-4-6-21(20)29-23(24)27/h3-8,11-12,16,18H,9-10,13-15H2,1-2H3. The van der Waals surface area contributed by atoms with Gasteiger partial charge >= 0.3 is 5.76 Å². The number of benzene rings is 2. The second-order valence-corrected chi connectivity index (χ2v) is 7.69. The number of para-hydroxylation sites is 2. The lowest BCUT2D eigenvalue weighted by Gasteiger charge is -2.30. The number of rotatable bonds is 8. The fourth-order valence-electron chi connectivity index (χ4n) is 3.80. The van der Waals surface area contributed by atoms with Crippen molar-refractivity contribution in [1.29, 1.82) is 0 Å². The zero-order chi connectivity index (χ0) is 20.4. The molecule has 6 heteroatoms. The van der Waals surface area contributed by atoms with Crippen molar-refractivity contribution in [3.8, 4) is 5.75 Å². The summed E-state index contributed by atoms with van der Waals surface area (Å²) < 4.78 is 12.0. The Bertz CT molecular complexity index is 1050. The Morgan fingerprint density at radius 3 is 2.62 bits per heavy atom. The van der Waals surface area contributed by atoms with Gasteiger partial charge in [-0.1, -0.05) is 24.3 Å². The molecule has 0 saturated heterocycles. The molecule has 0 aliphatic heterocycles. The molecule has 1 aromatic heterocycles. The van der Waals surface area contributed by atoms with Gasteiger partial charge < -0.3 is 14.1 Å². The van der Waals surface area contributed by atoms with Crippen molar-refractivity contribution in [3.05, 3.63) is 64.6 Å². The second kappa shape index (κ2) is 8.15. The highest BCUT2D eigenvalue weighted by atomic mass is 16.5. The Morgan fingerprint density at radius 1 is 1.21 bits per heavy atom. The second-order valence-electron chi connectivity index (χ2n) is 7.69. The highest BCUT2D eigenvalue weighted by molar-refractivity contribution is 5.77. The van der Waals surface area contributed by atoms with Crippen molar-refractivity contribution in [3.63, 3.8) is 0 Å². The van der Waals surface area contributed by atoms with Crippen LogP contribution in [-0.4, -0.2) is 28.5 Å². The molecule has 4 rings (SSSR count). The number of aromatic nitrogens is 1. The first-order valence-electron chi connectivity index (χ1n) is 10.1. The topological polar surface area (TPSA) is 64.7 Å². The van der Waals surface area contributed by atoms with Crippen LogP contribution in [0.5, 0.6) is 5.75 Å². The summed E-state index contributed by atoms with van der Waals surface area (Å²) in [5, 5.41) is 0. The van der Waals surface area contributed by atoms with Crippen molar-refractivity contribution in [2.45, 2.75) is 45.3 Å². The summed E-state index contributed by atoms with van der Waals surface area (Å²) in [6.07, 6.45) is 2.59. The minimum absolute atomic E-state index is 0.0531. The average Bonchev–Trinajstić information content (AvgIpc) is 3.53. The molecule has 152 valence electrons. The molecular weight excluding hydrogens is 368 g/mol. The third-order valence-electron chi connectivity index (χ3n) is 5.75. The molecule has 3 aromatic rings. The van der Waals surface area contributed by atoms with E-state index in [2.05, 4.69) is 6.92 Å². The molecule has 29 heavy (non-hydrogen) atoms. The van der Waals surface area contributed by atoms with Gasteiger partial charge in [0.2, 0.25) is 5.91 Å². The number of hydrogen-bond acceptors (Lipinski definition) is 4. The van der Waals surface area contributed by atoms with Crippen molar-refractivity contribution in [2.24, 2.45) is 5.92 Å². The van der Waals surface area contributed by atoms with E-state index in [0.717, 1.165) is 16.8 Å². The van der Waals surface area contributed by atoms with Crippen LogP contribution in [0.25, 0.3) is 11.1 Å². The number of amides is 1. The largest absolute Gasteiger partial charge is 0.497 e. The van der Waals surface area contributed by atoms with Crippen LogP contribution in [0.4, 0.5) is 0 Å². The Balaban J connectivity index is 1.50. The van der Waals surface area contributed by atoms with Gasteiger partial charge in [-0.05, 0) is 55.5 Å². The number of fused-ring (bicyclic) bond motifs is 1. The van der Waals surface area contributed by atoms with E-state index in [9.17, 15) is 9.59 Å². The van der Waals surface area contributed by atoms with Gasteiger partial charge in [-0.2, -0.15) is 0 Å². The number of hydrogen-bond donors (Lipinski definition) is 0. The molecular formula is C23H26N2O4. The number of nitrogens with zero attached hydrogens (tertiary/aromatic N) is 2. The molecule has 1 heterocycles. The van der Waals surface area contributed by atoms with Crippen LogP contribution in [-0.2, 0) is 17.9 Å². The maximum atomic E-state index is 13.1. The Kier molecular flexibility index (Phi) is 5.43. The summed E-state index contributed by atoms with van der Waals surface area (Å²) >= 11 is 0. The molecule has 1 amide bonds. The molecule has 1 unspecified atom stereocenters. The van der Waals surface area contributed by atoms with E-state index in [0.29, 0.717) is 24.6 Å². The number of aryl methyl sites for hydroxylation is 1. The van der Waals surface area contributed by atoms with E-state index in [1.807, 2.05) is 47.4 Å². The van der Waals surface area contributed by atoms with Gasteiger partial charge in [-0.25, -0.2) is 4.79 Å². The first-order valence-corrected chi connectivity index (χ1v) is 10.1. The fraction of sp³-hybridized carbons (Fsp3) is 0.391. The quantitative estimate of drug-likeness (QED) is 0.583. The van der Waals surface area contributed by atoms with Crippen molar-refractivity contribution >= 4 is 17.0 Å². The lowest BCUT2D eigenvalue weighted by Crippen LogP contribution is -2.40. The number of oxazole rings is 1. The zero-order valence-corrected chi connectivity index (χ0v) is 16.8. The van der Waals surface area contributed by atoms with E-state index in [-0.39, 0.29) is 18.4 Å². The van der Waals surface area contributed by atoms with E-state index in [1.165, 1.54) is 12.8 Å². The number of carbonyl (C=O) groups excluding carboxylic acids is 1. The molecule has 0 spiro atoms. The molecule has 6 nitrogen and oxygen atoms in total. The van der Waals surface area contributed by atoms with Crippen LogP contribution in [0.3, 0.4) is 0 Å². The normalized spacial score (nSPS) is 14.7. The van der Waals surface area contributed by atoms with Gasteiger partial charge in [0.25, 0.3) is 0 Å². The summed E-state index contributed by atoms with van der Waals surface area (Å²) in [6, 6.07) is 15.3. The Morgan fingerprint density at radius 2 is 1.93 bits per heavy atom. The van der Waals surface area contributed by atoms with Gasteiger partial charge in [0.15, 0.2) is 5.58 Å². The molecule has 2 aromatic carbocycles. The van der Waals surface area contributed by atoms with E-state index in [1.54, 1.807) is 17.7 Å². The molecule has 0 N–H and O–H groups in total. The number of ether oxygens (including phenoxy) is 1. The highest BCUT2D eigenvalue weighted by Gasteiger charge is 2.34. The third kappa shape index (κ3) is 4.21. The predicted molar refractivity (Wildman–Crippen MR) is 111 cm³/mol. The maximum absolute atomic E-state index is 13.1. The average molecular weight is 394 g/mol. The van der Waals surface area contributed by atoms with Crippen LogP contribution in [0.1, 0.15) is 31.7 Å². The van der Waals surface area contributed by atoms with E-state index < -0.39 is 5.76 Å². The maximum Gasteiger partial charge on any atom is 0.419 e. The zero-order valence-electron chi connectivity index (χ0n) is 16.8. The van der Waals surface area contributed by atoms with Gasteiger partial charge in [0.1, 0.15) is 5.75 Å². The lowest BCUT2D eigenvalue weighted by molar-refractivity contribution is -0.134. The summed E-state index contributed by atoms with van der Waals surface area (Å²) in [5.74, 6) is 0.996. The monoisotopic (exact) mass is 394 g/mol. The first kappa shape index (κ1) is 19.3. The summed E-state index contributed by atoms with van der Waals surface area (Å²) in [7, 11) is 1.64. The SMILES string of the molecule is COc1ccc(CN(C(=O)CCn2c(=O)oc3ccccc32)C(C)C2CC2)cc1. The molecule has 1 aliphatic carbocycles. The van der Waals surface area contributed by atoms with Crippen LogP contribution < -0.4 is 10.5 Å². The summed E-state index contributed by atoms with van der Waals surface area (Å²) in [4.78, 5) is 27.3. The first-order chi connectivity index (χ1) is 14.1. The van der Waals surface area contributed by atoms with Crippen LogP contribution >= 0.6 is 0 Å². The predicted octanol–water partition coefficient (Wildman–Crippen LogP) is 3.82. The van der Waals surface area contributed by atoms with Gasteiger partial charge in [0, 0.05) is 25.6 Å². The van der Waals surface area contributed by atoms with Crippen molar-refractivity contribution < 1.29 is 13.9 Å². The Hall–Kier alpha value is -3.02. The lowest BCUT2D eigenvalue weighted by atomic mass is 10.1. The van der Waals surface area contributed by atoms with Crippen LogP contribution in [0.2, 0.25) is 0 Å². The third-order valence-corrected chi connectivity index (χ3v) is 5.75. The molecule has 1 fully saturated rings. The number of methoxy groups -OCH3 is 1. The van der Waals surface area contributed by atoms with Gasteiger partial charge in [0.05, 0.1) is 12.6 Å². The molecule has 1 atom stereocenters. The van der Waals surface area contributed by atoms with Crippen LogP contribution in [0, 0.1) is 5.92 Å². The molecule has 0 bridgehead atoms. The Labute approximate surface area is 169 Å². The van der Waals surface area contributed by atoms with E-state index >= 15 is 0 Å². The highest BCUT2D eigenvalue weighted by Crippen LogP contribution is 2.36. The minimum Gasteiger partial charge on any atom is -0.497 e.